The summed E-state index contributed by atoms with van der Waals surface area (Å²) in [4.78, 5) is 0. The Balaban J connectivity index is 3.36. The van der Waals surface area contributed by atoms with Crippen molar-refractivity contribution in [3.63, 3.8) is 0 Å². The van der Waals surface area contributed by atoms with Crippen LogP contribution >= 0.6 is 0 Å². The highest BCUT2D eigenvalue weighted by atomic mass is 13.7. The third kappa shape index (κ3) is 6.86. The average Bonchev–Trinajstić information content (AvgIpc) is 1.97. The Morgan fingerprint density at radius 2 is 2.30 bits per heavy atom. The highest BCUT2D eigenvalue weighted by Gasteiger charge is 1.68. The molecule has 0 unspecified atom stereocenters. The second kappa shape index (κ2) is 7.86. The standard InChI is InChI=1S/C10H12/c1-3-5-7-9-10-8-6-4-2/h1,8,10H,4-6H2,2H3. The molecule has 10 heavy (non-hydrogen) atoms. The lowest BCUT2D eigenvalue weighted by atomic mass is 10.3. The van der Waals surface area contributed by atoms with Crippen LogP contribution in [0.2, 0.25) is 0 Å². The minimum absolute atomic E-state index is 0.552. The first kappa shape index (κ1) is 8.86. The van der Waals surface area contributed by atoms with Crippen molar-refractivity contribution in [3.05, 3.63) is 12.2 Å². The Hall–Kier alpha value is -1.14. The first-order chi connectivity index (χ1) is 4.91. The fourth-order valence-electron chi connectivity index (χ4n) is 0.470. The van der Waals surface area contributed by atoms with Crippen molar-refractivity contribution in [3.8, 4) is 24.2 Å². The third-order valence-corrected chi connectivity index (χ3v) is 0.949. The monoisotopic (exact) mass is 132 g/mol. The van der Waals surface area contributed by atoms with Crippen LogP contribution in [0.3, 0.4) is 0 Å². The molecule has 0 rings (SSSR count). The van der Waals surface area contributed by atoms with Crippen molar-refractivity contribution < 1.29 is 0 Å². The van der Waals surface area contributed by atoms with Crippen LogP contribution in [0.4, 0.5) is 0 Å². The van der Waals surface area contributed by atoms with Gasteiger partial charge in [-0.1, -0.05) is 37.2 Å². The highest BCUT2D eigenvalue weighted by Crippen LogP contribution is 1.86. The molecule has 0 saturated carbocycles. The molecule has 0 aliphatic heterocycles. The predicted molar refractivity (Wildman–Crippen MR) is 45.3 cm³/mol. The maximum absolute atomic E-state index is 4.99. The lowest BCUT2D eigenvalue weighted by Crippen LogP contribution is -1.60. The number of hydrogen-bond donors (Lipinski definition) is 0. The third-order valence-electron chi connectivity index (χ3n) is 0.949. The van der Waals surface area contributed by atoms with Crippen LogP contribution in [-0.2, 0) is 0 Å². The Morgan fingerprint density at radius 3 is 2.90 bits per heavy atom. The van der Waals surface area contributed by atoms with E-state index >= 15 is 0 Å². The summed E-state index contributed by atoms with van der Waals surface area (Å²) in [5, 5.41) is 0. The molecule has 0 radical (unpaired) electrons. The summed E-state index contributed by atoms with van der Waals surface area (Å²) in [6, 6.07) is 0. The molecule has 0 spiro atoms. The Kier molecular flexibility index (Phi) is 6.96. The molecule has 0 aromatic heterocycles. The second-order valence-corrected chi connectivity index (χ2v) is 1.89. The van der Waals surface area contributed by atoms with E-state index in [-0.39, 0.29) is 0 Å². The van der Waals surface area contributed by atoms with Gasteiger partial charge in [-0.25, -0.2) is 0 Å². The lowest BCUT2D eigenvalue weighted by Gasteiger charge is -1.77. The highest BCUT2D eigenvalue weighted by molar-refractivity contribution is 5.18. The van der Waals surface area contributed by atoms with E-state index in [1.807, 2.05) is 6.08 Å². The van der Waals surface area contributed by atoms with Gasteiger partial charge in [0.15, 0.2) is 0 Å². The summed E-state index contributed by atoms with van der Waals surface area (Å²) in [6.45, 7) is 2.14. The minimum atomic E-state index is 0.552. The van der Waals surface area contributed by atoms with Crippen LogP contribution < -0.4 is 0 Å². The van der Waals surface area contributed by atoms with Crippen LogP contribution in [-0.4, -0.2) is 0 Å². The minimum Gasteiger partial charge on any atom is -0.119 e. The van der Waals surface area contributed by atoms with Gasteiger partial charge in [0.05, 0.1) is 6.42 Å². The SMILES string of the molecule is C#CCC#CC=CCCC. The predicted octanol–water partition coefficient (Wildman–Crippen LogP) is 2.37. The van der Waals surface area contributed by atoms with Gasteiger partial charge in [0, 0.05) is 0 Å². The molecule has 0 fully saturated rings. The quantitative estimate of drug-likeness (QED) is 0.506. The van der Waals surface area contributed by atoms with Gasteiger partial charge >= 0.3 is 0 Å². The first-order valence-corrected chi connectivity index (χ1v) is 3.48. The first-order valence-electron chi connectivity index (χ1n) is 3.48. The van der Waals surface area contributed by atoms with Crippen LogP contribution in [0.5, 0.6) is 0 Å². The molecule has 52 valence electrons. The van der Waals surface area contributed by atoms with Crippen molar-refractivity contribution >= 4 is 0 Å². The van der Waals surface area contributed by atoms with Crippen LogP contribution in [0.15, 0.2) is 12.2 Å². The number of rotatable bonds is 2. The Bertz CT molecular complexity index is 180. The molecule has 0 saturated heterocycles. The molecule has 0 aliphatic rings. The van der Waals surface area contributed by atoms with Gasteiger partial charge in [-0.05, 0) is 12.5 Å². The zero-order chi connectivity index (χ0) is 7.66. The molecule has 0 nitrogen and oxygen atoms in total. The van der Waals surface area contributed by atoms with Gasteiger partial charge in [-0.2, -0.15) is 0 Å². The van der Waals surface area contributed by atoms with Crippen LogP contribution in [0.25, 0.3) is 0 Å². The molecule has 0 N–H and O–H groups in total. The largest absolute Gasteiger partial charge is 0.119 e. The fraction of sp³-hybridized carbons (Fsp3) is 0.400. The molecular formula is C10H12. The van der Waals surface area contributed by atoms with Gasteiger partial charge in [-0.15, -0.1) is 6.42 Å². The van der Waals surface area contributed by atoms with Crippen LogP contribution in [0, 0.1) is 24.2 Å². The lowest BCUT2D eigenvalue weighted by molar-refractivity contribution is 0.959. The summed E-state index contributed by atoms with van der Waals surface area (Å²) in [5.74, 6) is 8.12. The van der Waals surface area contributed by atoms with Crippen molar-refractivity contribution in [2.24, 2.45) is 0 Å². The molecule has 0 heterocycles. The van der Waals surface area contributed by atoms with E-state index in [0.717, 1.165) is 6.42 Å². The van der Waals surface area contributed by atoms with E-state index in [4.69, 9.17) is 6.42 Å². The van der Waals surface area contributed by atoms with Crippen LogP contribution in [0.1, 0.15) is 26.2 Å². The molecular weight excluding hydrogens is 120 g/mol. The van der Waals surface area contributed by atoms with E-state index < -0.39 is 0 Å². The summed E-state index contributed by atoms with van der Waals surface area (Å²) in [6.07, 6.45) is 11.7. The maximum atomic E-state index is 4.99. The molecule has 0 heteroatoms. The van der Waals surface area contributed by atoms with Crippen molar-refractivity contribution in [1.82, 2.24) is 0 Å². The summed E-state index contributed by atoms with van der Waals surface area (Å²) >= 11 is 0. The smallest absolute Gasteiger partial charge is 0.0703 e. The van der Waals surface area contributed by atoms with Gasteiger partial charge in [-0.3, -0.25) is 0 Å². The number of terminal acetylenes is 1. The second-order valence-electron chi connectivity index (χ2n) is 1.89. The van der Waals surface area contributed by atoms with Crippen molar-refractivity contribution in [2.45, 2.75) is 26.2 Å². The zero-order valence-corrected chi connectivity index (χ0v) is 6.35. The molecule has 0 aromatic rings. The number of unbranched alkanes of at least 4 members (excludes halogenated alkanes) is 1. The van der Waals surface area contributed by atoms with E-state index in [9.17, 15) is 0 Å². The van der Waals surface area contributed by atoms with Crippen molar-refractivity contribution in [1.29, 1.82) is 0 Å². The Morgan fingerprint density at radius 1 is 1.50 bits per heavy atom. The fourth-order valence-corrected chi connectivity index (χ4v) is 0.470. The molecule has 0 atom stereocenters. The normalized spacial score (nSPS) is 8.40. The molecule has 0 bridgehead atoms. The number of hydrogen-bond acceptors (Lipinski definition) is 0. The topological polar surface area (TPSA) is 0 Å². The molecule has 0 aromatic carbocycles. The van der Waals surface area contributed by atoms with E-state index in [1.54, 1.807) is 0 Å². The van der Waals surface area contributed by atoms with Gasteiger partial charge in [0.2, 0.25) is 0 Å². The summed E-state index contributed by atoms with van der Waals surface area (Å²) in [7, 11) is 0. The maximum Gasteiger partial charge on any atom is 0.0703 e. The zero-order valence-electron chi connectivity index (χ0n) is 6.35. The summed E-state index contributed by atoms with van der Waals surface area (Å²) < 4.78 is 0. The molecule has 0 amide bonds. The average molecular weight is 132 g/mol. The number of allylic oxidation sites excluding steroid dienone is 2. The van der Waals surface area contributed by atoms with Gasteiger partial charge < -0.3 is 0 Å². The van der Waals surface area contributed by atoms with Gasteiger partial charge in [0.25, 0.3) is 0 Å². The van der Waals surface area contributed by atoms with E-state index in [0.29, 0.717) is 6.42 Å². The van der Waals surface area contributed by atoms with E-state index in [2.05, 4.69) is 30.8 Å². The van der Waals surface area contributed by atoms with Crippen molar-refractivity contribution in [2.75, 3.05) is 0 Å². The van der Waals surface area contributed by atoms with Gasteiger partial charge in [0.1, 0.15) is 0 Å². The Labute approximate surface area is 63.3 Å². The van der Waals surface area contributed by atoms with E-state index in [1.165, 1.54) is 6.42 Å². The summed E-state index contributed by atoms with van der Waals surface area (Å²) in [5.41, 5.74) is 0. The molecule has 0 aliphatic carbocycles.